The Kier molecular flexibility index (Phi) is 7.11. The maximum atomic E-state index is 15.9. The van der Waals surface area contributed by atoms with Crippen molar-refractivity contribution in [2.24, 2.45) is 5.92 Å². The van der Waals surface area contributed by atoms with Gasteiger partial charge in [0.2, 0.25) is 5.91 Å². The monoisotopic (exact) mass is 635 g/mol. The van der Waals surface area contributed by atoms with E-state index < -0.39 is 17.3 Å². The standard InChI is InChI=1S/C34H34FN9O3/c35-25-17-22(40-32(45)29-26-5-2-4-14-42(26)44(34(29)47)28-6-1-3-13-37-28)9-10-23(25)24-18-27(43-30(24)31(36)38-19-39-43)20-11-15-41(16-12-20)33(46)21-7-8-21/h1,3,6,9-10,13,17-21H,2,4-5,7-8,11-12,14-16H2,(H,40,45)(H2,36,38,39). The summed E-state index contributed by atoms with van der Waals surface area (Å²) in [6, 6.07) is 11.6. The quantitative estimate of drug-likeness (QED) is 0.285. The zero-order valence-electron chi connectivity index (χ0n) is 25.7. The van der Waals surface area contributed by atoms with Gasteiger partial charge < -0.3 is 16.0 Å². The van der Waals surface area contributed by atoms with Crippen molar-refractivity contribution in [3.05, 3.63) is 88.1 Å². The van der Waals surface area contributed by atoms with Crippen molar-refractivity contribution in [2.45, 2.75) is 57.4 Å². The molecule has 0 bridgehead atoms. The second kappa shape index (κ2) is 11.5. The van der Waals surface area contributed by atoms with E-state index in [1.54, 1.807) is 41.0 Å². The number of nitrogens with one attached hydrogen (secondary N) is 1. The number of fused-ring (bicyclic) bond motifs is 2. The highest BCUT2D eigenvalue weighted by Gasteiger charge is 2.36. The second-order valence-corrected chi connectivity index (χ2v) is 12.6. The lowest BCUT2D eigenvalue weighted by Gasteiger charge is -2.32. The van der Waals surface area contributed by atoms with Gasteiger partial charge in [0.05, 0.1) is 5.69 Å². The van der Waals surface area contributed by atoms with Crippen molar-refractivity contribution in [3.63, 3.8) is 0 Å². The van der Waals surface area contributed by atoms with Gasteiger partial charge >= 0.3 is 0 Å². The van der Waals surface area contributed by atoms with E-state index in [0.717, 1.165) is 44.2 Å². The molecule has 3 N–H and O–H groups in total. The lowest BCUT2D eigenvalue weighted by atomic mass is 9.92. The van der Waals surface area contributed by atoms with Gasteiger partial charge in [-0.05, 0) is 81.3 Å². The van der Waals surface area contributed by atoms with Crippen LogP contribution in [0.25, 0.3) is 22.5 Å². The summed E-state index contributed by atoms with van der Waals surface area (Å²) in [4.78, 5) is 50.2. The zero-order valence-corrected chi connectivity index (χ0v) is 25.7. The van der Waals surface area contributed by atoms with Crippen LogP contribution < -0.4 is 16.6 Å². The molecule has 0 unspecified atom stereocenters. The molecule has 240 valence electrons. The molecule has 1 aromatic carbocycles. The fourth-order valence-corrected chi connectivity index (χ4v) is 7.14. The molecule has 0 radical (unpaired) electrons. The molecule has 0 spiro atoms. The van der Waals surface area contributed by atoms with Crippen LogP contribution in [0, 0.1) is 11.7 Å². The number of aromatic nitrogens is 6. The summed E-state index contributed by atoms with van der Waals surface area (Å²) in [6.45, 7) is 1.93. The number of nitrogens with two attached hydrogens (primary N) is 1. The molecule has 47 heavy (non-hydrogen) atoms. The normalized spacial score (nSPS) is 16.7. The van der Waals surface area contributed by atoms with Crippen LogP contribution in [0.3, 0.4) is 0 Å². The number of amides is 2. The van der Waals surface area contributed by atoms with E-state index in [4.69, 9.17) is 5.73 Å². The van der Waals surface area contributed by atoms with Crippen molar-refractivity contribution in [2.75, 3.05) is 24.1 Å². The van der Waals surface area contributed by atoms with Gasteiger partial charge in [-0.3, -0.25) is 19.1 Å². The minimum Gasteiger partial charge on any atom is -0.382 e. The summed E-state index contributed by atoms with van der Waals surface area (Å²) in [5, 5.41) is 7.22. The van der Waals surface area contributed by atoms with Crippen LogP contribution in [0.15, 0.2) is 59.8 Å². The molecule has 2 amide bonds. The van der Waals surface area contributed by atoms with Crippen LogP contribution in [0.2, 0.25) is 0 Å². The number of hydrogen-bond donors (Lipinski definition) is 2. The summed E-state index contributed by atoms with van der Waals surface area (Å²) in [6.07, 6.45) is 8.81. The number of pyridine rings is 1. The molecule has 4 aromatic heterocycles. The van der Waals surface area contributed by atoms with Gasteiger partial charge in [-0.2, -0.15) is 9.78 Å². The number of likely N-dealkylation sites (tertiary alicyclic amines) is 1. The molecule has 0 atom stereocenters. The predicted octanol–water partition coefficient (Wildman–Crippen LogP) is 4.17. The molecule has 2 fully saturated rings. The fraction of sp³-hybridized carbons (Fsp3) is 0.353. The van der Waals surface area contributed by atoms with Gasteiger partial charge in [0.1, 0.15) is 23.2 Å². The van der Waals surface area contributed by atoms with Crippen molar-refractivity contribution in [3.8, 4) is 16.9 Å². The highest BCUT2D eigenvalue weighted by Crippen LogP contribution is 2.39. The Bertz CT molecular complexity index is 2090. The average molecular weight is 636 g/mol. The molecular formula is C34H34FN9O3. The van der Waals surface area contributed by atoms with E-state index in [1.165, 1.54) is 17.1 Å². The Morgan fingerprint density at radius 3 is 2.53 bits per heavy atom. The minimum absolute atomic E-state index is 0.0395. The number of benzene rings is 1. The van der Waals surface area contributed by atoms with Crippen LogP contribution >= 0.6 is 0 Å². The summed E-state index contributed by atoms with van der Waals surface area (Å²) >= 11 is 0. The number of rotatable bonds is 6. The number of anilines is 2. The number of hydrogen-bond acceptors (Lipinski definition) is 7. The Morgan fingerprint density at radius 2 is 1.79 bits per heavy atom. The fourth-order valence-electron chi connectivity index (χ4n) is 7.14. The molecule has 3 aliphatic rings. The maximum Gasteiger partial charge on any atom is 0.285 e. The smallest absolute Gasteiger partial charge is 0.285 e. The first-order valence-electron chi connectivity index (χ1n) is 16.2. The Labute approximate surface area is 269 Å². The van der Waals surface area contributed by atoms with Crippen molar-refractivity contribution >= 4 is 28.8 Å². The summed E-state index contributed by atoms with van der Waals surface area (Å²) < 4.78 is 20.9. The average Bonchev–Trinajstić information content (AvgIpc) is 3.80. The van der Waals surface area contributed by atoms with Crippen molar-refractivity contribution in [1.29, 1.82) is 0 Å². The highest BCUT2D eigenvalue weighted by molar-refractivity contribution is 6.05. The first kappa shape index (κ1) is 29.1. The number of carbonyl (C=O) groups excluding carboxylic acids is 2. The number of halogens is 1. The van der Waals surface area contributed by atoms with Crippen LogP contribution in [-0.2, 0) is 17.8 Å². The van der Waals surface area contributed by atoms with Crippen molar-refractivity contribution < 1.29 is 14.0 Å². The summed E-state index contributed by atoms with van der Waals surface area (Å²) in [7, 11) is 0. The Balaban J connectivity index is 1.08. The number of piperidine rings is 1. The van der Waals surface area contributed by atoms with E-state index >= 15 is 4.39 Å². The van der Waals surface area contributed by atoms with Gasteiger partial charge in [0, 0.05) is 60.2 Å². The van der Waals surface area contributed by atoms with Gasteiger partial charge in [0.25, 0.3) is 11.5 Å². The minimum atomic E-state index is -0.594. The lowest BCUT2D eigenvalue weighted by Crippen LogP contribution is -2.39. The van der Waals surface area contributed by atoms with E-state index in [1.807, 2.05) is 15.6 Å². The van der Waals surface area contributed by atoms with Crippen LogP contribution in [0.4, 0.5) is 15.9 Å². The topological polar surface area (TPSA) is 145 Å². The SMILES string of the molecule is Nc1ncnn2c(C3CCN(C(=O)C4CC4)CC3)cc(-c3ccc(NC(=O)c4c5n(n(-c6ccccn6)c4=O)CCCC5)cc3F)c12. The Hall–Kier alpha value is -5.33. The molecule has 13 heteroatoms. The third-order valence-corrected chi connectivity index (χ3v) is 9.65. The zero-order chi connectivity index (χ0) is 32.2. The highest BCUT2D eigenvalue weighted by atomic mass is 19.1. The molecule has 12 nitrogen and oxygen atoms in total. The molecule has 5 aromatic rings. The van der Waals surface area contributed by atoms with Gasteiger partial charge in [-0.15, -0.1) is 0 Å². The lowest BCUT2D eigenvalue weighted by molar-refractivity contribution is -0.133. The third kappa shape index (κ3) is 5.06. The van der Waals surface area contributed by atoms with Crippen molar-refractivity contribution in [1.82, 2.24) is 33.8 Å². The van der Waals surface area contributed by atoms with Gasteiger partial charge in [0.15, 0.2) is 11.6 Å². The first-order valence-corrected chi connectivity index (χ1v) is 16.2. The summed E-state index contributed by atoms with van der Waals surface area (Å²) in [5.41, 5.74) is 9.00. The maximum absolute atomic E-state index is 15.9. The first-order chi connectivity index (χ1) is 22.9. The van der Waals surface area contributed by atoms with Gasteiger partial charge in [-0.1, -0.05) is 6.07 Å². The number of nitrogen functional groups attached to an aromatic ring is 1. The largest absolute Gasteiger partial charge is 0.382 e. The number of nitrogens with zero attached hydrogens (tertiary/aromatic N) is 7. The van der Waals surface area contributed by atoms with E-state index in [2.05, 4.69) is 20.4 Å². The second-order valence-electron chi connectivity index (χ2n) is 12.6. The van der Waals surface area contributed by atoms with E-state index in [-0.39, 0.29) is 40.4 Å². The molecular weight excluding hydrogens is 601 g/mol. The van der Waals surface area contributed by atoms with Crippen LogP contribution in [-0.4, -0.2) is 58.7 Å². The summed E-state index contributed by atoms with van der Waals surface area (Å²) in [5.74, 6) is 0.0504. The van der Waals surface area contributed by atoms with Crippen LogP contribution in [0.5, 0.6) is 0 Å². The molecule has 2 aliphatic heterocycles. The molecule has 8 rings (SSSR count). The van der Waals surface area contributed by atoms with E-state index in [0.29, 0.717) is 48.6 Å². The van der Waals surface area contributed by atoms with E-state index in [9.17, 15) is 14.4 Å². The third-order valence-electron chi connectivity index (χ3n) is 9.65. The molecule has 6 heterocycles. The van der Waals surface area contributed by atoms with Crippen LogP contribution in [0.1, 0.15) is 66.2 Å². The number of carbonyl (C=O) groups is 2. The molecule has 1 saturated heterocycles. The molecule has 1 saturated carbocycles. The van der Waals surface area contributed by atoms with Gasteiger partial charge in [-0.25, -0.2) is 18.9 Å². The Morgan fingerprint density at radius 1 is 0.957 bits per heavy atom. The molecule has 1 aliphatic carbocycles. The predicted molar refractivity (Wildman–Crippen MR) is 173 cm³/mol.